The lowest BCUT2D eigenvalue weighted by atomic mass is 9.80. The molecule has 0 heteroatoms. The third-order valence-electron chi connectivity index (χ3n) is 13.0. The van der Waals surface area contributed by atoms with E-state index in [0.29, 0.717) is 0 Å². The molecule has 12 rings (SSSR count). The van der Waals surface area contributed by atoms with E-state index in [9.17, 15) is 0 Å². The summed E-state index contributed by atoms with van der Waals surface area (Å²) >= 11 is 0. The maximum atomic E-state index is 2.48. The Morgan fingerprint density at radius 3 is 1.21 bits per heavy atom. The van der Waals surface area contributed by atoms with Crippen molar-refractivity contribution in [3.63, 3.8) is 0 Å². The smallest absolute Gasteiger partial charge is 0.0159 e. The average molecular weight is 723 g/mol. The van der Waals surface area contributed by atoms with E-state index < -0.39 is 0 Å². The summed E-state index contributed by atoms with van der Waals surface area (Å²) in [5.41, 5.74) is 12.8. The second-order valence-electron chi connectivity index (χ2n) is 16.4. The molecular formula is C57H38. The van der Waals surface area contributed by atoms with Crippen molar-refractivity contribution in [2.75, 3.05) is 0 Å². The fourth-order valence-electron chi connectivity index (χ4n) is 10.2. The van der Waals surface area contributed by atoms with Crippen molar-refractivity contribution in [3.05, 3.63) is 205 Å². The maximum Gasteiger partial charge on any atom is 0.0159 e. The predicted octanol–water partition coefficient (Wildman–Crippen LogP) is 15.9. The molecular weight excluding hydrogens is 685 g/mol. The molecule has 0 heterocycles. The monoisotopic (exact) mass is 722 g/mol. The molecule has 0 N–H and O–H groups in total. The molecule has 1 aliphatic carbocycles. The largest absolute Gasteiger partial charge is 0.0616 e. The Balaban J connectivity index is 0.974. The van der Waals surface area contributed by atoms with Gasteiger partial charge < -0.3 is 0 Å². The van der Waals surface area contributed by atoms with E-state index >= 15 is 0 Å². The van der Waals surface area contributed by atoms with Gasteiger partial charge in [0.05, 0.1) is 0 Å². The number of hydrogen-bond acceptors (Lipinski definition) is 0. The molecule has 0 unspecified atom stereocenters. The molecule has 0 aliphatic heterocycles. The molecule has 0 bridgehead atoms. The summed E-state index contributed by atoms with van der Waals surface area (Å²) in [6, 6.07) is 72.8. The Labute approximate surface area is 332 Å². The van der Waals surface area contributed by atoms with Crippen molar-refractivity contribution < 1.29 is 0 Å². The van der Waals surface area contributed by atoms with Crippen molar-refractivity contribution >= 4 is 64.6 Å². The second-order valence-corrected chi connectivity index (χ2v) is 16.4. The summed E-state index contributed by atoms with van der Waals surface area (Å²) in [4.78, 5) is 0. The molecule has 11 aromatic carbocycles. The van der Waals surface area contributed by atoms with E-state index in [1.54, 1.807) is 0 Å². The first-order valence-corrected chi connectivity index (χ1v) is 20.1. The minimum absolute atomic E-state index is 0.163. The van der Waals surface area contributed by atoms with Gasteiger partial charge in [0.2, 0.25) is 0 Å². The van der Waals surface area contributed by atoms with E-state index in [0.717, 1.165) is 0 Å². The SMILES string of the molecule is CC1(C)c2cc(-c3cccc(-c4cc5c6ccccc6ccc5c5ccccc45)c3)ccc2-c2ccc(-c3cc4c5ccccc5ccc4c4ccccc34)cc21. The third-order valence-corrected chi connectivity index (χ3v) is 13.0. The van der Waals surface area contributed by atoms with E-state index in [1.165, 1.54) is 120 Å². The molecule has 0 amide bonds. The summed E-state index contributed by atoms with van der Waals surface area (Å²) in [6.07, 6.45) is 0. The molecule has 57 heavy (non-hydrogen) atoms. The molecule has 11 aromatic rings. The van der Waals surface area contributed by atoms with Gasteiger partial charge in [-0.2, -0.15) is 0 Å². The van der Waals surface area contributed by atoms with Crippen LogP contribution in [0.3, 0.4) is 0 Å². The minimum Gasteiger partial charge on any atom is -0.0616 e. The third kappa shape index (κ3) is 4.74. The highest BCUT2D eigenvalue weighted by Gasteiger charge is 2.36. The van der Waals surface area contributed by atoms with Gasteiger partial charge in [0.15, 0.2) is 0 Å². The van der Waals surface area contributed by atoms with Gasteiger partial charge >= 0.3 is 0 Å². The highest BCUT2D eigenvalue weighted by atomic mass is 14.4. The Kier molecular flexibility index (Phi) is 6.78. The van der Waals surface area contributed by atoms with Gasteiger partial charge in [-0.15, -0.1) is 0 Å². The number of hydrogen-bond donors (Lipinski definition) is 0. The fourth-order valence-corrected chi connectivity index (χ4v) is 10.2. The van der Waals surface area contributed by atoms with Crippen molar-refractivity contribution in [1.82, 2.24) is 0 Å². The molecule has 0 aromatic heterocycles. The number of rotatable bonds is 3. The van der Waals surface area contributed by atoms with Crippen LogP contribution in [0.4, 0.5) is 0 Å². The first-order chi connectivity index (χ1) is 28.0. The van der Waals surface area contributed by atoms with Gasteiger partial charge in [-0.1, -0.05) is 178 Å². The lowest BCUT2D eigenvalue weighted by Crippen LogP contribution is -2.15. The minimum atomic E-state index is -0.163. The molecule has 0 saturated heterocycles. The molecule has 266 valence electrons. The van der Waals surface area contributed by atoms with Crippen LogP contribution in [0.1, 0.15) is 25.0 Å². The summed E-state index contributed by atoms with van der Waals surface area (Å²) in [5.74, 6) is 0. The number of fused-ring (bicyclic) bond motifs is 13. The van der Waals surface area contributed by atoms with Crippen LogP contribution in [0.15, 0.2) is 194 Å². The zero-order valence-electron chi connectivity index (χ0n) is 32.0. The first kappa shape index (κ1) is 32.2. The Morgan fingerprint density at radius 1 is 0.246 bits per heavy atom. The van der Waals surface area contributed by atoms with Crippen molar-refractivity contribution in [2.45, 2.75) is 19.3 Å². The van der Waals surface area contributed by atoms with Crippen molar-refractivity contribution in [1.29, 1.82) is 0 Å². The van der Waals surface area contributed by atoms with Gasteiger partial charge in [0.1, 0.15) is 0 Å². The maximum absolute atomic E-state index is 2.48. The predicted molar refractivity (Wildman–Crippen MR) is 245 cm³/mol. The molecule has 0 spiro atoms. The van der Waals surface area contributed by atoms with Crippen LogP contribution in [0.25, 0.3) is 109 Å². The van der Waals surface area contributed by atoms with E-state index in [4.69, 9.17) is 0 Å². The standard InChI is InChI=1S/C57H38/c1-57(2)55-31-38(37-14-11-15-39(30-37)51-33-53-41-16-5-3-12-35(41)22-26-47(53)43-18-7-9-20-45(43)51)24-28-49(55)50-29-25-40(32-56(50)57)52-34-54-42-17-6-4-13-36(42)23-27-48(54)44-19-8-10-21-46(44)52/h3-34H,1-2H3. The van der Waals surface area contributed by atoms with Gasteiger partial charge in [0, 0.05) is 5.41 Å². The summed E-state index contributed by atoms with van der Waals surface area (Å²) < 4.78 is 0. The molecule has 0 nitrogen and oxygen atoms in total. The Hall–Kier alpha value is -7.02. The van der Waals surface area contributed by atoms with Crippen molar-refractivity contribution in [3.8, 4) is 44.5 Å². The van der Waals surface area contributed by atoms with Crippen molar-refractivity contribution in [2.24, 2.45) is 0 Å². The van der Waals surface area contributed by atoms with E-state index in [-0.39, 0.29) is 5.41 Å². The van der Waals surface area contributed by atoms with E-state index in [2.05, 4.69) is 208 Å². The highest BCUT2D eigenvalue weighted by molar-refractivity contribution is 6.22. The fraction of sp³-hybridized carbons (Fsp3) is 0.0526. The van der Waals surface area contributed by atoms with Crippen LogP contribution < -0.4 is 0 Å². The van der Waals surface area contributed by atoms with Crippen LogP contribution >= 0.6 is 0 Å². The number of benzene rings is 11. The lowest BCUT2D eigenvalue weighted by molar-refractivity contribution is 0.661. The summed E-state index contributed by atoms with van der Waals surface area (Å²) in [6.45, 7) is 4.80. The zero-order chi connectivity index (χ0) is 37.8. The molecule has 1 aliphatic rings. The van der Waals surface area contributed by atoms with Gasteiger partial charge in [0.25, 0.3) is 0 Å². The average Bonchev–Trinajstić information content (AvgIpc) is 3.50. The summed E-state index contributed by atoms with van der Waals surface area (Å²) in [7, 11) is 0. The molecule has 0 fully saturated rings. The van der Waals surface area contributed by atoms with Crippen LogP contribution in [0, 0.1) is 0 Å². The quantitative estimate of drug-likeness (QED) is 0.159. The second kappa shape index (κ2) is 12.0. The Morgan fingerprint density at radius 2 is 0.649 bits per heavy atom. The van der Waals surface area contributed by atoms with E-state index in [1.807, 2.05) is 0 Å². The normalized spacial score (nSPS) is 13.2. The van der Waals surface area contributed by atoms with Crippen LogP contribution in [-0.4, -0.2) is 0 Å². The Bertz CT molecular complexity index is 3490. The molecule has 0 atom stereocenters. The summed E-state index contributed by atoms with van der Waals surface area (Å²) in [5, 5.41) is 15.5. The molecule has 0 saturated carbocycles. The van der Waals surface area contributed by atoms with Gasteiger partial charge in [-0.05, 0) is 151 Å². The lowest BCUT2D eigenvalue weighted by Gasteiger charge is -2.23. The van der Waals surface area contributed by atoms with Crippen LogP contribution in [-0.2, 0) is 5.41 Å². The zero-order valence-corrected chi connectivity index (χ0v) is 32.0. The topological polar surface area (TPSA) is 0 Å². The molecule has 0 radical (unpaired) electrons. The highest BCUT2D eigenvalue weighted by Crippen LogP contribution is 2.51. The van der Waals surface area contributed by atoms with Crippen LogP contribution in [0.2, 0.25) is 0 Å². The van der Waals surface area contributed by atoms with Gasteiger partial charge in [-0.25, -0.2) is 0 Å². The van der Waals surface area contributed by atoms with Crippen LogP contribution in [0.5, 0.6) is 0 Å². The first-order valence-electron chi connectivity index (χ1n) is 20.1. The van der Waals surface area contributed by atoms with Gasteiger partial charge in [-0.3, -0.25) is 0 Å².